The van der Waals surface area contributed by atoms with E-state index in [0.717, 1.165) is 47.9 Å². The van der Waals surface area contributed by atoms with Gasteiger partial charge in [0.05, 0.1) is 17.7 Å². The van der Waals surface area contributed by atoms with E-state index in [0.29, 0.717) is 13.2 Å². The zero-order valence-corrected chi connectivity index (χ0v) is 25.7. The summed E-state index contributed by atoms with van der Waals surface area (Å²) in [5.41, 5.74) is 1.27. The summed E-state index contributed by atoms with van der Waals surface area (Å²) in [4.78, 5) is 25.0. The maximum atomic E-state index is 14.7. The lowest BCUT2D eigenvalue weighted by molar-refractivity contribution is -0.206. The molecule has 0 bridgehead atoms. The quantitative estimate of drug-likeness (QED) is 0.0602. The number of carbonyl (C=O) groups is 2. The van der Waals surface area contributed by atoms with Crippen molar-refractivity contribution in [3.05, 3.63) is 83.7 Å². The van der Waals surface area contributed by atoms with Crippen LogP contribution >= 0.6 is 0 Å². The second-order valence-electron chi connectivity index (χ2n) is 10.5. The summed E-state index contributed by atoms with van der Waals surface area (Å²) >= 11 is 0. The molecule has 45 heavy (non-hydrogen) atoms. The van der Waals surface area contributed by atoms with Crippen molar-refractivity contribution in [1.82, 2.24) is 0 Å². The normalized spacial score (nSPS) is 12.0. The van der Waals surface area contributed by atoms with Gasteiger partial charge >= 0.3 is 18.1 Å². The van der Waals surface area contributed by atoms with Crippen molar-refractivity contribution in [3.8, 4) is 22.6 Å². The van der Waals surface area contributed by atoms with Crippen molar-refractivity contribution >= 4 is 11.9 Å². The van der Waals surface area contributed by atoms with Gasteiger partial charge in [0.15, 0.2) is 6.10 Å². The van der Waals surface area contributed by atoms with E-state index in [1.54, 1.807) is 31.2 Å². The molecule has 0 fully saturated rings. The molecule has 0 radical (unpaired) electrons. The molecule has 0 spiro atoms. The van der Waals surface area contributed by atoms with Gasteiger partial charge in [0.1, 0.15) is 17.3 Å². The Labute approximate surface area is 261 Å². The van der Waals surface area contributed by atoms with Crippen LogP contribution in [0.15, 0.2) is 66.7 Å². The van der Waals surface area contributed by atoms with Gasteiger partial charge in [0.25, 0.3) is 0 Å². The van der Waals surface area contributed by atoms with Crippen LogP contribution in [0.3, 0.4) is 0 Å². The second-order valence-corrected chi connectivity index (χ2v) is 10.5. The molecule has 6 nitrogen and oxygen atoms in total. The number of rotatable bonds is 18. The standard InChI is InChI=1S/C35H40F4O6/c1-3-5-6-7-8-9-23-43-28-18-16-26(17-19-28)25-12-14-27(15-13-25)33(40)44-29-20-21-30(31(36)24-29)34(41)45-32(35(37,38)39)11-10-22-42-4-2/h12-21,24,32H,3-11,22-23H2,1-2H3/t32-/m1/s1. The summed E-state index contributed by atoms with van der Waals surface area (Å²) in [6, 6.07) is 17.0. The van der Waals surface area contributed by atoms with Crippen molar-refractivity contribution in [2.45, 2.75) is 77.5 Å². The van der Waals surface area contributed by atoms with Crippen molar-refractivity contribution in [3.63, 3.8) is 0 Å². The smallest absolute Gasteiger partial charge is 0.425 e. The van der Waals surface area contributed by atoms with Crippen LogP contribution in [0.4, 0.5) is 17.6 Å². The summed E-state index contributed by atoms with van der Waals surface area (Å²) < 4.78 is 75.3. The van der Waals surface area contributed by atoms with E-state index >= 15 is 0 Å². The molecule has 0 heterocycles. The molecule has 3 aromatic rings. The highest BCUT2D eigenvalue weighted by atomic mass is 19.4. The Morgan fingerprint density at radius 3 is 1.98 bits per heavy atom. The molecule has 0 unspecified atom stereocenters. The SMILES string of the molecule is CCCCCCCCOc1ccc(-c2ccc(C(=O)Oc3ccc(C(=O)O[C@H](CCCOCC)C(F)(F)F)c(F)c3)cc2)cc1. The maximum Gasteiger partial charge on any atom is 0.425 e. The molecule has 1 atom stereocenters. The number of hydrogen-bond donors (Lipinski definition) is 0. The van der Waals surface area contributed by atoms with Crippen LogP contribution in [-0.4, -0.2) is 44.0 Å². The number of benzene rings is 3. The third-order valence-corrected chi connectivity index (χ3v) is 7.02. The predicted molar refractivity (Wildman–Crippen MR) is 163 cm³/mol. The topological polar surface area (TPSA) is 71.1 Å². The fraction of sp³-hybridized carbons (Fsp3) is 0.429. The lowest BCUT2D eigenvalue weighted by atomic mass is 10.0. The Morgan fingerprint density at radius 2 is 1.36 bits per heavy atom. The van der Waals surface area contributed by atoms with E-state index < -0.39 is 42.0 Å². The van der Waals surface area contributed by atoms with Crippen LogP contribution in [0.25, 0.3) is 11.1 Å². The van der Waals surface area contributed by atoms with Gasteiger partial charge in [-0.15, -0.1) is 0 Å². The van der Waals surface area contributed by atoms with Crippen LogP contribution in [0, 0.1) is 5.82 Å². The highest BCUT2D eigenvalue weighted by Gasteiger charge is 2.42. The van der Waals surface area contributed by atoms with Gasteiger partial charge in [0, 0.05) is 19.3 Å². The molecule has 3 rings (SSSR count). The van der Waals surface area contributed by atoms with Crippen LogP contribution in [0.1, 0.15) is 85.9 Å². The number of ether oxygens (including phenoxy) is 4. The van der Waals surface area contributed by atoms with E-state index in [9.17, 15) is 27.2 Å². The number of carbonyl (C=O) groups excluding carboxylic acids is 2. The van der Waals surface area contributed by atoms with Gasteiger partial charge < -0.3 is 18.9 Å². The first-order valence-corrected chi connectivity index (χ1v) is 15.3. The van der Waals surface area contributed by atoms with Crippen molar-refractivity contribution in [2.75, 3.05) is 19.8 Å². The molecule has 0 aliphatic rings. The summed E-state index contributed by atoms with van der Waals surface area (Å²) in [6.45, 7) is 4.98. The Morgan fingerprint density at radius 1 is 0.733 bits per heavy atom. The summed E-state index contributed by atoms with van der Waals surface area (Å²) in [6.07, 6.45) is -0.592. The number of hydrogen-bond acceptors (Lipinski definition) is 6. The lowest BCUT2D eigenvalue weighted by Gasteiger charge is -2.21. The fourth-order valence-corrected chi connectivity index (χ4v) is 4.50. The van der Waals surface area contributed by atoms with Crippen LogP contribution < -0.4 is 9.47 Å². The second kappa shape index (κ2) is 18.1. The van der Waals surface area contributed by atoms with Gasteiger partial charge in [0.2, 0.25) is 0 Å². The number of alkyl halides is 3. The zero-order valence-electron chi connectivity index (χ0n) is 25.7. The fourth-order valence-electron chi connectivity index (χ4n) is 4.50. The predicted octanol–water partition coefficient (Wildman–Crippen LogP) is 9.36. The third kappa shape index (κ3) is 11.8. The molecule has 0 aliphatic heterocycles. The average Bonchev–Trinajstić information content (AvgIpc) is 3.02. The number of unbranched alkanes of at least 4 members (excludes halogenated alkanes) is 5. The van der Waals surface area contributed by atoms with Crippen LogP contribution in [0.5, 0.6) is 11.5 Å². The minimum atomic E-state index is -4.83. The van der Waals surface area contributed by atoms with Crippen molar-refractivity contribution < 1.29 is 46.1 Å². The Balaban J connectivity index is 1.53. The first kappa shape index (κ1) is 35.6. The molecule has 0 aliphatic carbocycles. The molecule has 0 saturated carbocycles. The van der Waals surface area contributed by atoms with E-state index in [1.165, 1.54) is 25.7 Å². The highest BCUT2D eigenvalue weighted by molar-refractivity contribution is 5.92. The van der Waals surface area contributed by atoms with Crippen molar-refractivity contribution in [1.29, 1.82) is 0 Å². The van der Waals surface area contributed by atoms with Crippen molar-refractivity contribution in [2.24, 2.45) is 0 Å². The molecule has 10 heteroatoms. The van der Waals surface area contributed by atoms with E-state index in [-0.39, 0.29) is 24.3 Å². The van der Waals surface area contributed by atoms with Gasteiger partial charge in [-0.05, 0) is 73.7 Å². The number of halogens is 4. The highest BCUT2D eigenvalue weighted by Crippen LogP contribution is 2.29. The Hall–Kier alpha value is -3.92. The molecular weight excluding hydrogens is 592 g/mol. The number of esters is 2. The van der Waals surface area contributed by atoms with Gasteiger partial charge in [-0.3, -0.25) is 0 Å². The lowest BCUT2D eigenvalue weighted by Crippen LogP contribution is -2.34. The molecular formula is C35H40F4O6. The monoisotopic (exact) mass is 632 g/mol. The van der Waals surface area contributed by atoms with Gasteiger partial charge in [-0.2, -0.15) is 13.2 Å². The Kier molecular flexibility index (Phi) is 14.3. The van der Waals surface area contributed by atoms with Crippen LogP contribution in [-0.2, 0) is 9.47 Å². The average molecular weight is 633 g/mol. The molecule has 0 saturated heterocycles. The molecule has 244 valence electrons. The zero-order chi connectivity index (χ0) is 32.7. The van der Waals surface area contributed by atoms with E-state index in [2.05, 4.69) is 11.7 Å². The van der Waals surface area contributed by atoms with Crippen LogP contribution in [0.2, 0.25) is 0 Å². The maximum absolute atomic E-state index is 14.7. The molecule has 0 N–H and O–H groups in total. The minimum absolute atomic E-state index is 0.00421. The van der Waals surface area contributed by atoms with Gasteiger partial charge in [-0.25, -0.2) is 14.0 Å². The van der Waals surface area contributed by atoms with E-state index in [1.807, 2.05) is 24.3 Å². The first-order valence-electron chi connectivity index (χ1n) is 15.3. The molecule has 0 aromatic heterocycles. The first-order chi connectivity index (χ1) is 21.6. The molecule has 0 amide bonds. The minimum Gasteiger partial charge on any atom is -0.494 e. The molecule has 3 aromatic carbocycles. The summed E-state index contributed by atoms with van der Waals surface area (Å²) in [5.74, 6) is -2.87. The summed E-state index contributed by atoms with van der Waals surface area (Å²) in [7, 11) is 0. The Bertz CT molecular complexity index is 1340. The third-order valence-electron chi connectivity index (χ3n) is 7.02. The van der Waals surface area contributed by atoms with E-state index in [4.69, 9.17) is 14.2 Å². The largest absolute Gasteiger partial charge is 0.494 e. The summed E-state index contributed by atoms with van der Waals surface area (Å²) in [5, 5.41) is 0. The van der Waals surface area contributed by atoms with Gasteiger partial charge in [-0.1, -0.05) is 63.3 Å².